The summed E-state index contributed by atoms with van der Waals surface area (Å²) in [7, 11) is 0. The van der Waals surface area contributed by atoms with Crippen LogP contribution in [0, 0.1) is 12.8 Å². The molecule has 0 atom stereocenters. The predicted octanol–water partition coefficient (Wildman–Crippen LogP) is 2.60. The number of aryl methyl sites for hydroxylation is 1. The predicted molar refractivity (Wildman–Crippen MR) is 107 cm³/mol. The number of hydrogen-bond donors (Lipinski definition) is 0. The number of fused-ring (bicyclic) bond motifs is 1. The van der Waals surface area contributed by atoms with E-state index in [1.165, 1.54) is 12.8 Å². The van der Waals surface area contributed by atoms with Crippen molar-refractivity contribution in [1.82, 2.24) is 9.80 Å². The standard InChI is InChI=1S/C22H29N3O3/c1-16-6-7-19-18(14-16)20(26)22(28)25(19)15-23-12-8-17(9-13-23)21(27)24-10-4-2-3-5-11-24/h6-7,14,17H,2-5,8-13,15H2,1H3. The molecule has 0 saturated carbocycles. The molecule has 1 aromatic carbocycles. The van der Waals surface area contributed by atoms with Gasteiger partial charge in [-0.3, -0.25) is 24.2 Å². The molecule has 0 radical (unpaired) electrons. The highest BCUT2D eigenvalue weighted by Crippen LogP contribution is 2.31. The lowest BCUT2D eigenvalue weighted by atomic mass is 9.95. The molecule has 0 bridgehead atoms. The van der Waals surface area contributed by atoms with E-state index < -0.39 is 11.7 Å². The van der Waals surface area contributed by atoms with Crippen LogP contribution in [0.5, 0.6) is 0 Å². The molecular weight excluding hydrogens is 354 g/mol. The van der Waals surface area contributed by atoms with Crippen LogP contribution in [0.3, 0.4) is 0 Å². The first-order chi connectivity index (χ1) is 13.5. The van der Waals surface area contributed by atoms with Gasteiger partial charge >= 0.3 is 5.91 Å². The summed E-state index contributed by atoms with van der Waals surface area (Å²) in [4.78, 5) is 43.4. The van der Waals surface area contributed by atoms with Gasteiger partial charge in [0.1, 0.15) is 0 Å². The first-order valence-electron chi connectivity index (χ1n) is 10.5. The van der Waals surface area contributed by atoms with Crippen LogP contribution in [0.1, 0.15) is 54.4 Å². The van der Waals surface area contributed by atoms with Crippen LogP contribution in [0.25, 0.3) is 0 Å². The van der Waals surface area contributed by atoms with E-state index in [2.05, 4.69) is 9.80 Å². The smallest absolute Gasteiger partial charge is 0.300 e. The summed E-state index contributed by atoms with van der Waals surface area (Å²) in [5, 5.41) is 0. The number of Topliss-reactive ketones (excluding diaryl/α,β-unsaturated/α-hetero) is 1. The second-order valence-electron chi connectivity index (χ2n) is 8.36. The maximum Gasteiger partial charge on any atom is 0.300 e. The Hall–Kier alpha value is -2.21. The highest BCUT2D eigenvalue weighted by molar-refractivity contribution is 6.52. The van der Waals surface area contributed by atoms with Gasteiger partial charge < -0.3 is 4.90 Å². The third kappa shape index (κ3) is 3.70. The first kappa shape index (κ1) is 19.1. The maximum atomic E-state index is 12.8. The SMILES string of the molecule is Cc1ccc2c(c1)C(=O)C(=O)N2CN1CCC(C(=O)N2CCCCCC2)CC1. The lowest BCUT2D eigenvalue weighted by Gasteiger charge is -2.35. The van der Waals surface area contributed by atoms with Crippen molar-refractivity contribution in [2.75, 3.05) is 37.7 Å². The molecule has 0 aliphatic carbocycles. The minimum Gasteiger partial charge on any atom is -0.342 e. The minimum absolute atomic E-state index is 0.0974. The number of ketones is 1. The van der Waals surface area contributed by atoms with Crippen molar-refractivity contribution < 1.29 is 14.4 Å². The molecule has 28 heavy (non-hydrogen) atoms. The lowest BCUT2D eigenvalue weighted by molar-refractivity contribution is -0.137. The zero-order valence-corrected chi connectivity index (χ0v) is 16.7. The maximum absolute atomic E-state index is 12.8. The van der Waals surface area contributed by atoms with Crippen molar-refractivity contribution in [2.45, 2.75) is 45.4 Å². The van der Waals surface area contributed by atoms with E-state index in [0.29, 0.717) is 23.8 Å². The fourth-order valence-electron chi connectivity index (χ4n) is 4.63. The molecule has 6 heteroatoms. The zero-order valence-electron chi connectivity index (χ0n) is 16.7. The van der Waals surface area contributed by atoms with Crippen molar-refractivity contribution in [1.29, 1.82) is 0 Å². The summed E-state index contributed by atoms with van der Waals surface area (Å²) in [5.41, 5.74) is 2.20. The average molecular weight is 383 g/mol. The van der Waals surface area contributed by atoms with Gasteiger partial charge in [-0.25, -0.2) is 0 Å². The molecule has 6 nitrogen and oxygen atoms in total. The molecule has 2 fully saturated rings. The van der Waals surface area contributed by atoms with E-state index in [-0.39, 0.29) is 5.92 Å². The Morgan fingerprint density at radius 1 is 1.00 bits per heavy atom. The molecule has 2 amide bonds. The van der Waals surface area contributed by atoms with Crippen LogP contribution in [0.2, 0.25) is 0 Å². The van der Waals surface area contributed by atoms with Gasteiger partial charge in [-0.05, 0) is 44.7 Å². The number of carbonyl (C=O) groups excluding carboxylic acids is 3. The van der Waals surface area contributed by atoms with Crippen LogP contribution in [0.4, 0.5) is 5.69 Å². The molecule has 3 aliphatic rings. The van der Waals surface area contributed by atoms with Crippen molar-refractivity contribution in [3.63, 3.8) is 0 Å². The largest absolute Gasteiger partial charge is 0.342 e. The molecule has 0 N–H and O–H groups in total. The van der Waals surface area contributed by atoms with Gasteiger partial charge in [-0.2, -0.15) is 0 Å². The Morgan fingerprint density at radius 2 is 1.68 bits per heavy atom. The van der Waals surface area contributed by atoms with Crippen LogP contribution < -0.4 is 4.90 Å². The zero-order chi connectivity index (χ0) is 19.7. The lowest BCUT2D eigenvalue weighted by Crippen LogP contribution is -2.47. The molecule has 0 unspecified atom stereocenters. The summed E-state index contributed by atoms with van der Waals surface area (Å²) in [6.07, 6.45) is 6.35. The number of hydrogen-bond acceptors (Lipinski definition) is 4. The molecule has 3 aliphatic heterocycles. The fourth-order valence-corrected chi connectivity index (χ4v) is 4.63. The molecule has 0 aromatic heterocycles. The Bertz CT molecular complexity index is 775. The van der Waals surface area contributed by atoms with Gasteiger partial charge in [-0.15, -0.1) is 0 Å². The third-order valence-electron chi connectivity index (χ3n) is 6.32. The molecule has 4 rings (SSSR count). The number of likely N-dealkylation sites (tertiary alicyclic amines) is 2. The van der Waals surface area contributed by atoms with Gasteiger partial charge in [0.25, 0.3) is 5.78 Å². The minimum atomic E-state index is -0.441. The van der Waals surface area contributed by atoms with E-state index in [9.17, 15) is 14.4 Å². The Balaban J connectivity index is 1.35. The number of carbonyl (C=O) groups is 3. The van der Waals surface area contributed by atoms with E-state index in [1.54, 1.807) is 11.0 Å². The molecule has 1 aromatic rings. The number of rotatable bonds is 3. The van der Waals surface area contributed by atoms with Crippen molar-refractivity contribution in [3.8, 4) is 0 Å². The number of nitrogens with zero attached hydrogens (tertiary/aromatic N) is 3. The Kier molecular flexibility index (Phi) is 5.49. The van der Waals surface area contributed by atoms with Crippen LogP contribution in [-0.4, -0.2) is 60.2 Å². The van der Waals surface area contributed by atoms with Crippen LogP contribution >= 0.6 is 0 Å². The highest BCUT2D eigenvalue weighted by atomic mass is 16.2. The number of piperidine rings is 1. The van der Waals surface area contributed by atoms with Gasteiger partial charge in [0, 0.05) is 32.1 Å². The summed E-state index contributed by atoms with van der Waals surface area (Å²) in [5.74, 6) is -0.441. The van der Waals surface area contributed by atoms with Crippen molar-refractivity contribution >= 4 is 23.3 Å². The van der Waals surface area contributed by atoms with E-state index >= 15 is 0 Å². The van der Waals surface area contributed by atoms with E-state index in [4.69, 9.17) is 0 Å². The Labute approximate surface area is 166 Å². The van der Waals surface area contributed by atoms with Crippen molar-refractivity contribution in [3.05, 3.63) is 29.3 Å². The average Bonchev–Trinajstić information content (AvgIpc) is 2.91. The molecule has 2 saturated heterocycles. The number of anilines is 1. The van der Waals surface area contributed by atoms with Crippen LogP contribution in [-0.2, 0) is 9.59 Å². The topological polar surface area (TPSA) is 60.9 Å². The molecule has 150 valence electrons. The van der Waals surface area contributed by atoms with Gasteiger partial charge in [0.15, 0.2) is 0 Å². The van der Waals surface area contributed by atoms with Crippen molar-refractivity contribution in [2.24, 2.45) is 5.92 Å². The summed E-state index contributed by atoms with van der Waals surface area (Å²) < 4.78 is 0. The van der Waals surface area contributed by atoms with Gasteiger partial charge in [0.2, 0.25) is 5.91 Å². The monoisotopic (exact) mass is 383 g/mol. The fraction of sp³-hybridized carbons (Fsp3) is 0.591. The summed E-state index contributed by atoms with van der Waals surface area (Å²) >= 11 is 0. The molecular formula is C22H29N3O3. The first-order valence-corrected chi connectivity index (χ1v) is 10.5. The second-order valence-corrected chi connectivity index (χ2v) is 8.36. The quantitative estimate of drug-likeness (QED) is 0.753. The van der Waals surface area contributed by atoms with Gasteiger partial charge in [-0.1, -0.05) is 24.5 Å². The Morgan fingerprint density at radius 3 is 2.36 bits per heavy atom. The molecule has 3 heterocycles. The van der Waals surface area contributed by atoms with E-state index in [1.807, 2.05) is 19.1 Å². The van der Waals surface area contributed by atoms with Crippen LogP contribution in [0.15, 0.2) is 18.2 Å². The summed E-state index contributed by atoms with van der Waals surface area (Å²) in [6, 6.07) is 5.59. The second kappa shape index (κ2) is 8.03. The third-order valence-corrected chi connectivity index (χ3v) is 6.32. The number of amides is 2. The summed E-state index contributed by atoms with van der Waals surface area (Å²) in [6.45, 7) is 5.71. The van der Waals surface area contributed by atoms with Gasteiger partial charge in [0.05, 0.1) is 17.9 Å². The number of benzene rings is 1. The van der Waals surface area contributed by atoms with E-state index in [0.717, 1.165) is 57.4 Å². The molecule has 0 spiro atoms. The highest BCUT2D eigenvalue weighted by Gasteiger charge is 2.37. The normalized spacial score (nSPS) is 21.8.